The van der Waals surface area contributed by atoms with Crippen LogP contribution in [0.25, 0.3) is 5.69 Å². The third kappa shape index (κ3) is 2.74. The first kappa shape index (κ1) is 14.7. The number of non-ortho nitro benzene ring substituents is 1. The lowest BCUT2D eigenvalue weighted by atomic mass is 10.0. The van der Waals surface area contributed by atoms with E-state index in [-0.39, 0.29) is 15.7 Å². The van der Waals surface area contributed by atoms with Crippen molar-refractivity contribution in [3.63, 3.8) is 0 Å². The number of rotatable bonds is 3. The fourth-order valence-electron chi connectivity index (χ4n) is 1.54. The van der Waals surface area contributed by atoms with Crippen molar-refractivity contribution < 1.29 is 4.92 Å². The smallest absolute Gasteiger partial charge is 0.272 e. The molecule has 0 aliphatic heterocycles. The normalized spacial score (nSPS) is 11.7. The highest BCUT2D eigenvalue weighted by molar-refractivity contribution is 6.38. The Morgan fingerprint density at radius 2 is 1.90 bits per heavy atom. The van der Waals surface area contributed by atoms with Gasteiger partial charge in [0.25, 0.3) is 5.69 Å². The summed E-state index contributed by atoms with van der Waals surface area (Å²) >= 11 is 12.1. The van der Waals surface area contributed by atoms with E-state index in [9.17, 15) is 10.1 Å². The summed E-state index contributed by atoms with van der Waals surface area (Å²) in [6.45, 7) is 3.56. The molecule has 2 N–H and O–H groups in total. The average molecular weight is 316 g/mol. The van der Waals surface area contributed by atoms with Crippen LogP contribution in [0.1, 0.15) is 19.5 Å². The first-order valence-corrected chi connectivity index (χ1v) is 6.31. The lowest BCUT2D eigenvalue weighted by molar-refractivity contribution is -0.384. The van der Waals surface area contributed by atoms with Crippen molar-refractivity contribution in [1.29, 1.82) is 0 Å². The number of benzene rings is 1. The van der Waals surface area contributed by atoms with E-state index in [0.717, 1.165) is 0 Å². The summed E-state index contributed by atoms with van der Waals surface area (Å²) in [6, 6.07) is 2.41. The quantitative estimate of drug-likeness (QED) is 0.693. The maximum atomic E-state index is 10.7. The minimum atomic E-state index is -0.669. The molecule has 20 heavy (non-hydrogen) atoms. The number of hydrogen-bond acceptors (Lipinski definition) is 5. The number of nitro groups is 1. The van der Waals surface area contributed by atoms with Crippen molar-refractivity contribution in [3.05, 3.63) is 44.2 Å². The highest BCUT2D eigenvalue weighted by atomic mass is 35.5. The van der Waals surface area contributed by atoms with Gasteiger partial charge in [0.15, 0.2) is 0 Å². The number of hydrogen-bond donors (Lipinski definition) is 1. The number of aromatic nitrogens is 3. The van der Waals surface area contributed by atoms with E-state index in [1.165, 1.54) is 16.8 Å². The molecule has 0 amide bonds. The molecule has 1 aromatic heterocycles. The van der Waals surface area contributed by atoms with Gasteiger partial charge >= 0.3 is 0 Å². The fourth-order valence-corrected chi connectivity index (χ4v) is 2.19. The molecule has 0 bridgehead atoms. The number of halogens is 2. The van der Waals surface area contributed by atoms with Crippen molar-refractivity contribution in [3.8, 4) is 5.69 Å². The molecule has 0 radical (unpaired) electrons. The van der Waals surface area contributed by atoms with Crippen molar-refractivity contribution in [1.82, 2.24) is 15.0 Å². The molecule has 0 unspecified atom stereocenters. The van der Waals surface area contributed by atoms with Crippen LogP contribution in [-0.4, -0.2) is 19.9 Å². The standard InChI is InChI=1S/C11H11Cl2N5O2/c1-11(2,14)9-5-17(16-15-9)10-7(12)3-6(18(19)20)4-8(10)13/h3-5H,14H2,1-2H3. The number of nitrogens with two attached hydrogens (primary N) is 1. The lowest BCUT2D eigenvalue weighted by Gasteiger charge is -2.13. The Morgan fingerprint density at radius 1 is 1.35 bits per heavy atom. The highest BCUT2D eigenvalue weighted by Crippen LogP contribution is 2.33. The van der Waals surface area contributed by atoms with Gasteiger partial charge in [-0.3, -0.25) is 10.1 Å². The van der Waals surface area contributed by atoms with E-state index in [4.69, 9.17) is 28.9 Å². The SMILES string of the molecule is CC(C)(N)c1cn(-c2c(Cl)cc([N+](=O)[O-])cc2Cl)nn1. The molecule has 1 aromatic carbocycles. The molecule has 2 rings (SSSR count). The van der Waals surface area contributed by atoms with Gasteiger partial charge in [0.1, 0.15) is 11.4 Å². The van der Waals surface area contributed by atoms with Gasteiger partial charge in [-0.1, -0.05) is 28.4 Å². The van der Waals surface area contributed by atoms with Gasteiger partial charge in [-0.05, 0) is 13.8 Å². The van der Waals surface area contributed by atoms with Gasteiger partial charge in [-0.2, -0.15) is 0 Å². The molecule has 0 saturated carbocycles. The van der Waals surface area contributed by atoms with Crippen LogP contribution in [0.5, 0.6) is 0 Å². The Labute approximate surface area is 124 Å². The Hall–Kier alpha value is -1.70. The van der Waals surface area contributed by atoms with Crippen molar-refractivity contribution in [2.75, 3.05) is 0 Å². The topological polar surface area (TPSA) is 99.9 Å². The van der Waals surface area contributed by atoms with Crippen molar-refractivity contribution >= 4 is 28.9 Å². The summed E-state index contributed by atoms with van der Waals surface area (Å²) in [5, 5.41) is 18.8. The zero-order chi connectivity index (χ0) is 15.1. The molecule has 0 saturated heterocycles. The van der Waals surface area contributed by atoms with Crippen LogP contribution in [0.4, 0.5) is 5.69 Å². The van der Waals surface area contributed by atoms with Gasteiger partial charge in [0.05, 0.1) is 26.7 Å². The second-order valence-electron chi connectivity index (χ2n) is 4.79. The van der Waals surface area contributed by atoms with E-state index in [2.05, 4.69) is 10.3 Å². The summed E-state index contributed by atoms with van der Waals surface area (Å²) in [5.41, 5.74) is 5.92. The Kier molecular flexibility index (Phi) is 3.68. The van der Waals surface area contributed by atoms with Crippen LogP contribution in [0, 0.1) is 10.1 Å². The Bertz CT molecular complexity index is 655. The monoisotopic (exact) mass is 315 g/mol. The van der Waals surface area contributed by atoms with Gasteiger partial charge in [0, 0.05) is 12.1 Å². The Balaban J connectivity index is 2.53. The predicted molar refractivity (Wildman–Crippen MR) is 75.2 cm³/mol. The molecule has 0 atom stereocenters. The molecule has 0 aliphatic rings. The predicted octanol–water partition coefficient (Wildman–Crippen LogP) is 2.68. The van der Waals surface area contributed by atoms with E-state index in [1.807, 2.05) is 0 Å². The maximum Gasteiger partial charge on any atom is 0.272 e. The fraction of sp³-hybridized carbons (Fsp3) is 0.273. The minimum absolute atomic E-state index is 0.107. The van der Waals surface area contributed by atoms with Crippen LogP contribution < -0.4 is 5.73 Å². The summed E-state index contributed by atoms with van der Waals surface area (Å²) in [6.07, 6.45) is 1.58. The molecule has 7 nitrogen and oxygen atoms in total. The molecule has 2 aromatic rings. The van der Waals surface area contributed by atoms with Gasteiger partial charge in [-0.25, -0.2) is 4.68 Å². The molecular formula is C11H11Cl2N5O2. The molecule has 0 aliphatic carbocycles. The average Bonchev–Trinajstić information content (AvgIpc) is 2.76. The van der Waals surface area contributed by atoms with E-state index in [1.54, 1.807) is 20.0 Å². The van der Waals surface area contributed by atoms with E-state index in [0.29, 0.717) is 11.4 Å². The van der Waals surface area contributed by atoms with Crippen LogP contribution in [0.3, 0.4) is 0 Å². The zero-order valence-corrected chi connectivity index (χ0v) is 12.2. The molecule has 0 spiro atoms. The maximum absolute atomic E-state index is 10.7. The summed E-state index contributed by atoms with van der Waals surface area (Å²) in [5.74, 6) is 0. The summed E-state index contributed by atoms with van der Waals surface area (Å²) in [7, 11) is 0. The zero-order valence-electron chi connectivity index (χ0n) is 10.7. The van der Waals surface area contributed by atoms with Crippen LogP contribution in [0.15, 0.2) is 18.3 Å². The van der Waals surface area contributed by atoms with Crippen LogP contribution in [-0.2, 0) is 5.54 Å². The van der Waals surface area contributed by atoms with Crippen LogP contribution >= 0.6 is 23.2 Å². The minimum Gasteiger partial charge on any atom is -0.320 e. The van der Waals surface area contributed by atoms with Crippen molar-refractivity contribution in [2.24, 2.45) is 5.73 Å². The van der Waals surface area contributed by atoms with Crippen molar-refractivity contribution in [2.45, 2.75) is 19.4 Å². The summed E-state index contributed by atoms with van der Waals surface area (Å²) in [4.78, 5) is 10.2. The second-order valence-corrected chi connectivity index (χ2v) is 5.60. The lowest BCUT2D eigenvalue weighted by Crippen LogP contribution is -2.29. The van der Waals surface area contributed by atoms with E-state index < -0.39 is 10.5 Å². The first-order chi connectivity index (χ1) is 9.20. The molecule has 0 fully saturated rings. The number of nitrogens with zero attached hydrogens (tertiary/aromatic N) is 4. The van der Waals surface area contributed by atoms with Crippen LogP contribution in [0.2, 0.25) is 10.0 Å². The third-order valence-electron chi connectivity index (χ3n) is 2.60. The number of nitro benzene ring substituents is 1. The molecule has 9 heteroatoms. The van der Waals surface area contributed by atoms with Gasteiger partial charge in [0.2, 0.25) is 0 Å². The highest BCUT2D eigenvalue weighted by Gasteiger charge is 2.21. The molecule has 106 valence electrons. The summed E-state index contributed by atoms with van der Waals surface area (Å²) < 4.78 is 1.35. The molecule has 1 heterocycles. The third-order valence-corrected chi connectivity index (χ3v) is 3.17. The first-order valence-electron chi connectivity index (χ1n) is 5.55. The second kappa shape index (κ2) is 5.01. The van der Waals surface area contributed by atoms with Gasteiger partial charge in [-0.15, -0.1) is 5.10 Å². The Morgan fingerprint density at radius 3 is 2.30 bits per heavy atom. The van der Waals surface area contributed by atoms with E-state index >= 15 is 0 Å². The largest absolute Gasteiger partial charge is 0.320 e. The molecular weight excluding hydrogens is 305 g/mol. The van der Waals surface area contributed by atoms with Gasteiger partial charge < -0.3 is 5.73 Å².